The average Bonchev–Trinajstić information content (AvgIpc) is 2.68. The quantitative estimate of drug-likeness (QED) is 0.858. The molecule has 1 amide bonds. The Balaban J connectivity index is 1.48. The van der Waals surface area contributed by atoms with Crippen LogP contribution >= 0.6 is 0 Å². The molecule has 0 saturated carbocycles. The van der Waals surface area contributed by atoms with Gasteiger partial charge in [0.2, 0.25) is 0 Å². The number of hydrogen-bond acceptors (Lipinski definition) is 4. The van der Waals surface area contributed by atoms with Crippen molar-refractivity contribution in [2.75, 3.05) is 18.4 Å². The zero-order chi connectivity index (χ0) is 18.4. The lowest BCUT2D eigenvalue weighted by Crippen LogP contribution is -2.42. The van der Waals surface area contributed by atoms with Gasteiger partial charge in [-0.15, -0.1) is 0 Å². The van der Waals surface area contributed by atoms with Crippen LogP contribution in [0.3, 0.4) is 0 Å². The van der Waals surface area contributed by atoms with Gasteiger partial charge in [0, 0.05) is 24.8 Å². The molecule has 2 aromatic carbocycles. The molecular weight excluding hydrogens is 332 g/mol. The fraction of sp³-hybridized carbons (Fsp3) is 0.300. The summed E-state index contributed by atoms with van der Waals surface area (Å²) in [4.78, 5) is 25.2. The van der Waals surface area contributed by atoms with Crippen molar-refractivity contribution in [3.8, 4) is 0 Å². The molecule has 3 rings (SSSR count). The lowest BCUT2D eigenvalue weighted by molar-refractivity contribution is 0.0698. The maximum Gasteiger partial charge on any atom is 0.410 e. The van der Waals surface area contributed by atoms with E-state index in [0.717, 1.165) is 18.4 Å². The van der Waals surface area contributed by atoms with Crippen LogP contribution in [0.25, 0.3) is 0 Å². The molecule has 0 aromatic heterocycles. The summed E-state index contributed by atoms with van der Waals surface area (Å²) in [6, 6.07) is 16.6. The topological polar surface area (TPSA) is 78.9 Å². The molecule has 26 heavy (non-hydrogen) atoms. The van der Waals surface area contributed by atoms with E-state index < -0.39 is 5.97 Å². The maximum absolute atomic E-state index is 12.2. The lowest BCUT2D eigenvalue weighted by atomic mass is 10.0. The molecular formula is C20H22N2O4. The van der Waals surface area contributed by atoms with Gasteiger partial charge in [-0.1, -0.05) is 42.5 Å². The molecule has 0 bridgehead atoms. The number of rotatable bonds is 5. The second kappa shape index (κ2) is 8.38. The number of para-hydroxylation sites is 1. The van der Waals surface area contributed by atoms with Crippen molar-refractivity contribution in [3.63, 3.8) is 0 Å². The van der Waals surface area contributed by atoms with Crippen LogP contribution in [0.4, 0.5) is 10.5 Å². The highest BCUT2D eigenvalue weighted by atomic mass is 16.6. The Bertz CT molecular complexity index is 755. The Kier molecular flexibility index (Phi) is 5.73. The van der Waals surface area contributed by atoms with Gasteiger partial charge in [0.25, 0.3) is 0 Å². The number of nitrogens with zero attached hydrogens (tertiary/aromatic N) is 1. The smallest absolute Gasteiger partial charge is 0.410 e. The molecule has 0 unspecified atom stereocenters. The number of carbonyl (C=O) groups excluding carboxylic acids is 1. The molecule has 0 radical (unpaired) electrons. The minimum Gasteiger partial charge on any atom is -0.478 e. The highest BCUT2D eigenvalue weighted by Crippen LogP contribution is 2.21. The first-order valence-corrected chi connectivity index (χ1v) is 8.68. The third-order valence-corrected chi connectivity index (χ3v) is 4.48. The van der Waals surface area contributed by atoms with E-state index in [9.17, 15) is 14.7 Å². The molecule has 1 heterocycles. The number of piperidine rings is 1. The van der Waals surface area contributed by atoms with Crippen molar-refractivity contribution in [2.24, 2.45) is 0 Å². The summed E-state index contributed by atoms with van der Waals surface area (Å²) < 4.78 is 5.36. The van der Waals surface area contributed by atoms with Crippen molar-refractivity contribution in [1.29, 1.82) is 0 Å². The first kappa shape index (κ1) is 17.8. The van der Waals surface area contributed by atoms with Gasteiger partial charge in [0.05, 0.1) is 5.56 Å². The number of aromatic carboxylic acids is 1. The predicted molar refractivity (Wildman–Crippen MR) is 98.2 cm³/mol. The number of nitrogens with one attached hydrogen (secondary N) is 1. The van der Waals surface area contributed by atoms with Crippen LogP contribution in [0.5, 0.6) is 0 Å². The molecule has 6 nitrogen and oxygen atoms in total. The number of ether oxygens (including phenoxy) is 1. The molecule has 1 saturated heterocycles. The molecule has 0 atom stereocenters. The van der Waals surface area contributed by atoms with Gasteiger partial charge < -0.3 is 20.1 Å². The van der Waals surface area contributed by atoms with Crippen molar-refractivity contribution in [1.82, 2.24) is 4.90 Å². The van der Waals surface area contributed by atoms with E-state index in [1.807, 2.05) is 36.4 Å². The van der Waals surface area contributed by atoms with Crippen molar-refractivity contribution in [3.05, 3.63) is 65.7 Å². The first-order chi connectivity index (χ1) is 12.6. The van der Waals surface area contributed by atoms with E-state index in [2.05, 4.69) is 5.32 Å². The van der Waals surface area contributed by atoms with Gasteiger partial charge >= 0.3 is 12.1 Å². The van der Waals surface area contributed by atoms with Crippen molar-refractivity contribution in [2.45, 2.75) is 25.5 Å². The molecule has 136 valence electrons. The Morgan fingerprint density at radius 3 is 2.38 bits per heavy atom. The van der Waals surface area contributed by atoms with E-state index in [4.69, 9.17) is 4.74 Å². The highest BCUT2D eigenvalue weighted by molar-refractivity contribution is 5.94. The number of likely N-dealkylation sites (tertiary alicyclic amines) is 1. The lowest BCUT2D eigenvalue weighted by Gasteiger charge is -2.32. The van der Waals surface area contributed by atoms with Crippen LogP contribution in [0, 0.1) is 0 Å². The Labute approximate surface area is 152 Å². The number of hydrogen-bond donors (Lipinski definition) is 2. The number of carboxylic acid groups (broad SMARTS) is 1. The molecule has 1 aliphatic rings. The summed E-state index contributed by atoms with van der Waals surface area (Å²) >= 11 is 0. The molecule has 2 N–H and O–H groups in total. The zero-order valence-electron chi connectivity index (χ0n) is 14.4. The van der Waals surface area contributed by atoms with E-state index in [1.165, 1.54) is 0 Å². The van der Waals surface area contributed by atoms with Crippen molar-refractivity contribution >= 4 is 17.7 Å². The SMILES string of the molecule is O=C(O)c1ccccc1NC1CCN(C(=O)OCc2ccccc2)CC1. The minimum atomic E-state index is -0.949. The number of carboxylic acids is 1. The summed E-state index contributed by atoms with van der Waals surface area (Å²) in [6.45, 7) is 1.44. The number of anilines is 1. The van der Waals surface area contributed by atoms with Crippen LogP contribution in [0.15, 0.2) is 54.6 Å². The summed E-state index contributed by atoms with van der Waals surface area (Å²) in [5.41, 5.74) is 1.84. The standard InChI is InChI=1S/C20H22N2O4/c23-19(24)17-8-4-5-9-18(17)21-16-10-12-22(13-11-16)20(25)26-14-15-6-2-1-3-7-15/h1-9,16,21H,10-14H2,(H,23,24). The third-order valence-electron chi connectivity index (χ3n) is 4.48. The average molecular weight is 354 g/mol. The van der Waals surface area contributed by atoms with Gasteiger partial charge in [-0.3, -0.25) is 0 Å². The molecule has 1 aliphatic heterocycles. The van der Waals surface area contributed by atoms with Crippen LogP contribution in [0.1, 0.15) is 28.8 Å². The highest BCUT2D eigenvalue weighted by Gasteiger charge is 2.24. The van der Waals surface area contributed by atoms with Crippen LogP contribution in [0.2, 0.25) is 0 Å². The molecule has 2 aromatic rings. The Morgan fingerprint density at radius 1 is 1.04 bits per heavy atom. The number of carbonyl (C=O) groups is 2. The molecule has 0 spiro atoms. The normalized spacial score (nSPS) is 14.7. The van der Waals surface area contributed by atoms with Gasteiger partial charge in [0.15, 0.2) is 0 Å². The summed E-state index contributed by atoms with van der Waals surface area (Å²) in [6.07, 6.45) is 1.18. The van der Waals surface area contributed by atoms with E-state index in [-0.39, 0.29) is 24.3 Å². The number of amides is 1. The number of benzene rings is 2. The van der Waals surface area contributed by atoms with E-state index in [0.29, 0.717) is 18.8 Å². The van der Waals surface area contributed by atoms with E-state index in [1.54, 1.807) is 23.1 Å². The minimum absolute atomic E-state index is 0.133. The first-order valence-electron chi connectivity index (χ1n) is 8.68. The predicted octanol–water partition coefficient (Wildman–Crippen LogP) is 3.60. The maximum atomic E-state index is 12.2. The van der Waals surface area contributed by atoms with Crippen LogP contribution in [-0.2, 0) is 11.3 Å². The fourth-order valence-electron chi connectivity index (χ4n) is 3.03. The van der Waals surface area contributed by atoms with Gasteiger partial charge in [-0.25, -0.2) is 9.59 Å². The second-order valence-corrected chi connectivity index (χ2v) is 6.30. The zero-order valence-corrected chi connectivity index (χ0v) is 14.4. The fourth-order valence-corrected chi connectivity index (χ4v) is 3.03. The monoisotopic (exact) mass is 354 g/mol. The van der Waals surface area contributed by atoms with Gasteiger partial charge in [0.1, 0.15) is 6.61 Å². The molecule has 1 fully saturated rings. The summed E-state index contributed by atoms with van der Waals surface area (Å²) in [7, 11) is 0. The summed E-state index contributed by atoms with van der Waals surface area (Å²) in [5.74, 6) is -0.949. The largest absolute Gasteiger partial charge is 0.478 e. The van der Waals surface area contributed by atoms with Crippen molar-refractivity contribution < 1.29 is 19.4 Å². The van der Waals surface area contributed by atoms with E-state index >= 15 is 0 Å². The van der Waals surface area contributed by atoms with Crippen LogP contribution in [-0.4, -0.2) is 41.2 Å². The second-order valence-electron chi connectivity index (χ2n) is 6.30. The van der Waals surface area contributed by atoms with Gasteiger partial charge in [-0.2, -0.15) is 0 Å². The van der Waals surface area contributed by atoms with Gasteiger partial charge in [-0.05, 0) is 30.5 Å². The summed E-state index contributed by atoms with van der Waals surface area (Å²) in [5, 5.41) is 12.5. The molecule has 0 aliphatic carbocycles. The third kappa shape index (κ3) is 4.53. The van der Waals surface area contributed by atoms with Crippen LogP contribution < -0.4 is 5.32 Å². The molecule has 6 heteroatoms. The Morgan fingerprint density at radius 2 is 1.69 bits per heavy atom. The Hall–Kier alpha value is -3.02.